The molecule has 0 atom stereocenters. The Morgan fingerprint density at radius 3 is 2.50 bits per heavy atom. The molecule has 0 aromatic carbocycles. The van der Waals surface area contributed by atoms with E-state index in [4.69, 9.17) is 4.74 Å². The number of aryl methyl sites for hydroxylation is 1. The van der Waals surface area contributed by atoms with Gasteiger partial charge in [0, 0.05) is 10.8 Å². The summed E-state index contributed by atoms with van der Waals surface area (Å²) in [6, 6.07) is 0. The molecule has 0 bridgehead atoms. The summed E-state index contributed by atoms with van der Waals surface area (Å²) < 4.78 is 5.47. The van der Waals surface area contributed by atoms with Gasteiger partial charge in [0.2, 0.25) is 5.91 Å². The molecule has 2 aliphatic rings. The summed E-state index contributed by atoms with van der Waals surface area (Å²) in [6.45, 7) is 3.72. The van der Waals surface area contributed by atoms with Crippen molar-refractivity contribution < 1.29 is 14.3 Å². The number of rotatable bonds is 4. The lowest BCUT2D eigenvalue weighted by Crippen LogP contribution is -2.22. The van der Waals surface area contributed by atoms with Gasteiger partial charge in [-0.1, -0.05) is 19.3 Å². The lowest BCUT2D eigenvalue weighted by Gasteiger charge is -2.13. The van der Waals surface area contributed by atoms with Gasteiger partial charge < -0.3 is 10.1 Å². The smallest absolute Gasteiger partial charge is 0.341 e. The second-order valence-electron chi connectivity index (χ2n) is 7.19. The normalized spacial score (nSPS) is 18.3. The molecule has 3 rings (SSSR count). The highest BCUT2D eigenvalue weighted by atomic mass is 32.1. The number of thiophene rings is 1. The second-order valence-corrected chi connectivity index (χ2v) is 8.30. The Morgan fingerprint density at radius 1 is 1.08 bits per heavy atom. The van der Waals surface area contributed by atoms with Crippen LogP contribution in [0.5, 0.6) is 0 Å². The van der Waals surface area contributed by atoms with Crippen LogP contribution in [0.2, 0.25) is 0 Å². The van der Waals surface area contributed by atoms with E-state index in [2.05, 4.69) is 5.32 Å². The highest BCUT2D eigenvalue weighted by Crippen LogP contribution is 2.39. The number of carbonyl (C=O) groups excluding carboxylic acids is 2. The maximum Gasteiger partial charge on any atom is 0.341 e. The van der Waals surface area contributed by atoms with Crippen molar-refractivity contribution in [3.8, 4) is 0 Å². The minimum atomic E-state index is -0.286. The molecule has 0 unspecified atom stereocenters. The van der Waals surface area contributed by atoms with Crippen molar-refractivity contribution in [3.05, 3.63) is 16.0 Å². The van der Waals surface area contributed by atoms with Crippen LogP contribution < -0.4 is 5.32 Å². The Labute approximate surface area is 148 Å². The van der Waals surface area contributed by atoms with Crippen LogP contribution >= 0.6 is 11.3 Å². The van der Waals surface area contributed by atoms with Crippen molar-refractivity contribution in [2.75, 3.05) is 5.32 Å². The third kappa shape index (κ3) is 3.82. The van der Waals surface area contributed by atoms with Crippen molar-refractivity contribution in [3.63, 3.8) is 0 Å². The predicted molar refractivity (Wildman–Crippen MR) is 96.7 cm³/mol. The number of amides is 1. The number of carbonyl (C=O) groups is 2. The van der Waals surface area contributed by atoms with Crippen molar-refractivity contribution in [1.82, 2.24) is 0 Å². The molecule has 1 fully saturated rings. The van der Waals surface area contributed by atoms with Gasteiger partial charge in [0.1, 0.15) is 5.00 Å². The average molecular weight is 349 g/mol. The molecule has 0 aliphatic heterocycles. The molecule has 0 radical (unpaired) electrons. The first-order valence-corrected chi connectivity index (χ1v) is 10.0. The zero-order valence-electron chi connectivity index (χ0n) is 14.7. The summed E-state index contributed by atoms with van der Waals surface area (Å²) in [5, 5.41) is 3.78. The SMILES string of the molecule is CC(C)OC(=O)c1c(NC(=O)C2CCCC2)sc2c1CCCCC2. The minimum absolute atomic E-state index is 0.0718. The largest absolute Gasteiger partial charge is 0.459 e. The van der Waals surface area contributed by atoms with Gasteiger partial charge in [-0.25, -0.2) is 4.79 Å². The van der Waals surface area contributed by atoms with Crippen LogP contribution in [0.4, 0.5) is 5.00 Å². The first-order valence-electron chi connectivity index (χ1n) is 9.22. The van der Waals surface area contributed by atoms with E-state index >= 15 is 0 Å². The lowest BCUT2D eigenvalue weighted by molar-refractivity contribution is -0.119. The molecule has 1 N–H and O–H groups in total. The van der Waals surface area contributed by atoms with E-state index in [0.29, 0.717) is 10.6 Å². The second kappa shape index (κ2) is 7.68. The number of hydrogen-bond donors (Lipinski definition) is 1. The van der Waals surface area contributed by atoms with Crippen LogP contribution in [-0.2, 0) is 22.4 Å². The van der Waals surface area contributed by atoms with E-state index in [0.717, 1.165) is 56.9 Å². The van der Waals surface area contributed by atoms with Crippen molar-refractivity contribution >= 4 is 28.2 Å². The Kier molecular flexibility index (Phi) is 5.59. The first-order chi connectivity index (χ1) is 11.6. The number of ether oxygens (including phenoxy) is 1. The van der Waals surface area contributed by atoms with Crippen LogP contribution in [0, 0.1) is 5.92 Å². The molecule has 2 aliphatic carbocycles. The molecule has 4 nitrogen and oxygen atoms in total. The Balaban J connectivity index is 1.88. The molecule has 1 aromatic rings. The third-order valence-electron chi connectivity index (χ3n) is 4.93. The number of nitrogens with one attached hydrogen (secondary N) is 1. The maximum absolute atomic E-state index is 12.7. The Bertz CT molecular complexity index is 614. The summed E-state index contributed by atoms with van der Waals surface area (Å²) in [5.41, 5.74) is 1.74. The van der Waals surface area contributed by atoms with Gasteiger partial charge in [-0.15, -0.1) is 11.3 Å². The quantitative estimate of drug-likeness (QED) is 0.632. The molecule has 132 valence electrons. The fourth-order valence-electron chi connectivity index (χ4n) is 3.72. The summed E-state index contributed by atoms with van der Waals surface area (Å²) >= 11 is 1.59. The molecule has 1 saturated carbocycles. The summed E-state index contributed by atoms with van der Waals surface area (Å²) in [4.78, 5) is 26.4. The minimum Gasteiger partial charge on any atom is -0.459 e. The van der Waals surface area contributed by atoms with Crippen molar-refractivity contribution in [1.29, 1.82) is 0 Å². The molecule has 24 heavy (non-hydrogen) atoms. The van der Waals surface area contributed by atoms with E-state index in [1.807, 2.05) is 13.8 Å². The van der Waals surface area contributed by atoms with Crippen LogP contribution in [0.15, 0.2) is 0 Å². The molecular formula is C19H27NO3S. The molecule has 0 saturated heterocycles. The standard InChI is InChI=1S/C19H27NO3S/c1-12(2)23-19(22)16-14-10-4-3-5-11-15(14)24-18(16)20-17(21)13-8-6-7-9-13/h12-13H,3-11H2,1-2H3,(H,20,21). The molecule has 1 aromatic heterocycles. The number of fused-ring (bicyclic) bond motifs is 1. The molecular weight excluding hydrogens is 322 g/mol. The van der Waals surface area contributed by atoms with E-state index in [1.165, 1.54) is 11.3 Å². The summed E-state index contributed by atoms with van der Waals surface area (Å²) in [7, 11) is 0. The van der Waals surface area contributed by atoms with Gasteiger partial charge in [-0.3, -0.25) is 4.79 Å². The lowest BCUT2D eigenvalue weighted by atomic mass is 10.0. The fraction of sp³-hybridized carbons (Fsp3) is 0.684. The topological polar surface area (TPSA) is 55.4 Å². The van der Waals surface area contributed by atoms with Crippen molar-refractivity contribution in [2.24, 2.45) is 5.92 Å². The predicted octanol–water partition coefficient (Wildman–Crippen LogP) is 4.71. The van der Waals surface area contributed by atoms with Crippen LogP contribution in [0.1, 0.15) is 79.6 Å². The van der Waals surface area contributed by atoms with Crippen molar-refractivity contribution in [2.45, 2.75) is 77.7 Å². The monoisotopic (exact) mass is 349 g/mol. The van der Waals surface area contributed by atoms with E-state index in [1.54, 1.807) is 11.3 Å². The van der Waals surface area contributed by atoms with Crippen LogP contribution in [0.25, 0.3) is 0 Å². The number of anilines is 1. The zero-order valence-corrected chi connectivity index (χ0v) is 15.5. The molecule has 5 heteroatoms. The molecule has 1 heterocycles. The first kappa shape index (κ1) is 17.5. The zero-order chi connectivity index (χ0) is 17.1. The summed E-state index contributed by atoms with van der Waals surface area (Å²) in [6.07, 6.45) is 9.38. The maximum atomic E-state index is 12.7. The van der Waals surface area contributed by atoms with Gasteiger partial charge >= 0.3 is 5.97 Å². The number of esters is 1. The number of hydrogen-bond acceptors (Lipinski definition) is 4. The van der Waals surface area contributed by atoms with Gasteiger partial charge in [0.05, 0.1) is 11.7 Å². The van der Waals surface area contributed by atoms with E-state index in [-0.39, 0.29) is 23.9 Å². The Hall–Kier alpha value is -1.36. The van der Waals surface area contributed by atoms with Crippen LogP contribution in [-0.4, -0.2) is 18.0 Å². The van der Waals surface area contributed by atoms with E-state index in [9.17, 15) is 9.59 Å². The molecule has 1 amide bonds. The van der Waals surface area contributed by atoms with E-state index < -0.39 is 0 Å². The third-order valence-corrected chi connectivity index (χ3v) is 6.14. The van der Waals surface area contributed by atoms with Crippen LogP contribution in [0.3, 0.4) is 0 Å². The highest BCUT2D eigenvalue weighted by Gasteiger charge is 2.29. The average Bonchev–Trinajstić information content (AvgIpc) is 3.10. The van der Waals surface area contributed by atoms with Gasteiger partial charge in [-0.05, 0) is 57.9 Å². The fourth-order valence-corrected chi connectivity index (χ4v) is 5.00. The highest BCUT2D eigenvalue weighted by molar-refractivity contribution is 7.17. The summed E-state index contributed by atoms with van der Waals surface area (Å²) in [5.74, 6) is -0.116. The van der Waals surface area contributed by atoms with Gasteiger partial charge in [0.15, 0.2) is 0 Å². The Morgan fingerprint density at radius 2 is 1.79 bits per heavy atom. The molecule has 0 spiro atoms. The van der Waals surface area contributed by atoms with Gasteiger partial charge in [-0.2, -0.15) is 0 Å². The van der Waals surface area contributed by atoms with Gasteiger partial charge in [0.25, 0.3) is 0 Å².